The number of aliphatic hydroxyl groups is 2. The van der Waals surface area contributed by atoms with Crippen LogP contribution >= 0.6 is 0 Å². The minimum atomic E-state index is -4.67. The highest BCUT2D eigenvalue weighted by atomic mass is 19.4. The van der Waals surface area contributed by atoms with Crippen molar-refractivity contribution in [3.63, 3.8) is 0 Å². The normalized spacial score (nSPS) is 13.3. The Labute approximate surface area is 151 Å². The summed E-state index contributed by atoms with van der Waals surface area (Å²) in [6.07, 6.45) is -7.15. The summed E-state index contributed by atoms with van der Waals surface area (Å²) in [5, 5.41) is 17.2. The summed E-state index contributed by atoms with van der Waals surface area (Å²) < 4.78 is 66.4. The molecule has 0 aliphatic heterocycles. The molecule has 0 aliphatic carbocycles. The Hall–Kier alpha value is -0.530. The van der Waals surface area contributed by atoms with Crippen LogP contribution in [0.25, 0.3) is 0 Å². The van der Waals surface area contributed by atoms with Gasteiger partial charge < -0.3 is 38.6 Å². The number of ether oxygens (including phenoxy) is 6. The SMILES string of the molecule is OCCOCCOCCOCCOCCOCCOCC(O)C(F)(F)F. The molecule has 0 heterocycles. The molecule has 0 rings (SSSR count). The highest BCUT2D eigenvalue weighted by Crippen LogP contribution is 2.19. The lowest BCUT2D eigenvalue weighted by atomic mass is 10.4. The Morgan fingerprint density at radius 2 is 0.885 bits per heavy atom. The van der Waals surface area contributed by atoms with E-state index in [0.29, 0.717) is 52.9 Å². The first-order valence-corrected chi connectivity index (χ1v) is 8.30. The summed E-state index contributed by atoms with van der Waals surface area (Å²) in [5.74, 6) is 0. The van der Waals surface area contributed by atoms with E-state index in [4.69, 9.17) is 33.9 Å². The van der Waals surface area contributed by atoms with Gasteiger partial charge >= 0.3 is 6.18 Å². The van der Waals surface area contributed by atoms with Crippen LogP contribution < -0.4 is 0 Å². The van der Waals surface area contributed by atoms with Crippen LogP contribution in [0.4, 0.5) is 13.2 Å². The van der Waals surface area contributed by atoms with Gasteiger partial charge in [-0.3, -0.25) is 0 Å². The maximum Gasteiger partial charge on any atom is 0.416 e. The van der Waals surface area contributed by atoms with E-state index < -0.39 is 18.9 Å². The second kappa shape index (κ2) is 17.9. The maximum absolute atomic E-state index is 12.0. The fourth-order valence-electron chi connectivity index (χ4n) is 1.45. The van der Waals surface area contributed by atoms with Gasteiger partial charge in [0.05, 0.1) is 85.9 Å². The molecule has 1 atom stereocenters. The van der Waals surface area contributed by atoms with Gasteiger partial charge in [-0.15, -0.1) is 0 Å². The minimum absolute atomic E-state index is 0.00593. The van der Waals surface area contributed by atoms with E-state index in [1.807, 2.05) is 0 Å². The summed E-state index contributed by atoms with van der Waals surface area (Å²) in [6.45, 7) is 2.70. The topological polar surface area (TPSA) is 95.8 Å². The quantitative estimate of drug-likeness (QED) is 0.296. The molecular formula is C15H29F3O8. The zero-order chi connectivity index (χ0) is 19.5. The van der Waals surface area contributed by atoms with Gasteiger partial charge in [-0.2, -0.15) is 13.2 Å². The molecule has 0 spiro atoms. The minimum Gasteiger partial charge on any atom is -0.394 e. The lowest BCUT2D eigenvalue weighted by Gasteiger charge is -2.14. The number of hydrogen-bond acceptors (Lipinski definition) is 8. The first-order chi connectivity index (χ1) is 12.5. The van der Waals surface area contributed by atoms with Gasteiger partial charge in [0.25, 0.3) is 0 Å². The summed E-state index contributed by atoms with van der Waals surface area (Å²) in [7, 11) is 0. The number of hydrogen-bond donors (Lipinski definition) is 2. The fraction of sp³-hybridized carbons (Fsp3) is 1.00. The predicted molar refractivity (Wildman–Crippen MR) is 84.1 cm³/mol. The summed E-state index contributed by atoms with van der Waals surface area (Å²) in [6, 6.07) is 0. The van der Waals surface area contributed by atoms with Crippen molar-refractivity contribution >= 4 is 0 Å². The molecular weight excluding hydrogens is 365 g/mol. The van der Waals surface area contributed by atoms with Crippen LogP contribution in [0.1, 0.15) is 0 Å². The average molecular weight is 394 g/mol. The number of halogens is 3. The van der Waals surface area contributed by atoms with E-state index >= 15 is 0 Å². The van der Waals surface area contributed by atoms with Crippen molar-refractivity contribution in [2.24, 2.45) is 0 Å². The zero-order valence-electron chi connectivity index (χ0n) is 14.7. The maximum atomic E-state index is 12.0. The van der Waals surface area contributed by atoms with Gasteiger partial charge in [0, 0.05) is 0 Å². The molecule has 11 heteroatoms. The van der Waals surface area contributed by atoms with E-state index in [2.05, 4.69) is 4.74 Å². The highest BCUT2D eigenvalue weighted by Gasteiger charge is 2.38. The van der Waals surface area contributed by atoms with Crippen LogP contribution in [0.2, 0.25) is 0 Å². The largest absolute Gasteiger partial charge is 0.416 e. The highest BCUT2D eigenvalue weighted by molar-refractivity contribution is 4.63. The Morgan fingerprint density at radius 3 is 1.19 bits per heavy atom. The van der Waals surface area contributed by atoms with Crippen molar-refractivity contribution in [1.82, 2.24) is 0 Å². The smallest absolute Gasteiger partial charge is 0.394 e. The molecule has 0 aliphatic rings. The summed E-state index contributed by atoms with van der Waals surface area (Å²) >= 11 is 0. The summed E-state index contributed by atoms with van der Waals surface area (Å²) in [5.41, 5.74) is 0. The van der Waals surface area contributed by atoms with Crippen molar-refractivity contribution in [1.29, 1.82) is 0 Å². The van der Waals surface area contributed by atoms with E-state index in [-0.39, 0.29) is 26.4 Å². The van der Waals surface area contributed by atoms with Crippen LogP contribution in [-0.4, -0.2) is 108 Å². The molecule has 0 saturated heterocycles. The molecule has 0 aromatic rings. The molecule has 0 bridgehead atoms. The number of aliphatic hydroxyl groups excluding tert-OH is 2. The molecule has 0 aromatic carbocycles. The van der Waals surface area contributed by atoms with Crippen LogP contribution in [-0.2, 0) is 28.4 Å². The molecule has 0 radical (unpaired) electrons. The Morgan fingerprint density at radius 1 is 0.577 bits per heavy atom. The van der Waals surface area contributed by atoms with Crippen molar-refractivity contribution < 1.29 is 51.8 Å². The van der Waals surface area contributed by atoms with Crippen molar-refractivity contribution in [2.45, 2.75) is 12.3 Å². The first-order valence-electron chi connectivity index (χ1n) is 8.30. The van der Waals surface area contributed by atoms with E-state index in [0.717, 1.165) is 0 Å². The van der Waals surface area contributed by atoms with Crippen molar-refractivity contribution in [3.8, 4) is 0 Å². The van der Waals surface area contributed by atoms with Crippen LogP contribution in [0.3, 0.4) is 0 Å². The van der Waals surface area contributed by atoms with Crippen LogP contribution in [0.15, 0.2) is 0 Å². The predicted octanol–water partition coefficient (Wildman–Crippen LogP) is 0.00150. The molecule has 26 heavy (non-hydrogen) atoms. The lowest BCUT2D eigenvalue weighted by Crippen LogP contribution is -2.33. The second-order valence-electron chi connectivity index (χ2n) is 4.92. The van der Waals surface area contributed by atoms with Gasteiger partial charge in [-0.1, -0.05) is 0 Å². The van der Waals surface area contributed by atoms with Crippen molar-refractivity contribution in [2.75, 3.05) is 85.9 Å². The van der Waals surface area contributed by atoms with Crippen LogP contribution in [0, 0.1) is 0 Å². The lowest BCUT2D eigenvalue weighted by molar-refractivity contribution is -0.218. The van der Waals surface area contributed by atoms with Crippen molar-refractivity contribution in [3.05, 3.63) is 0 Å². The average Bonchev–Trinajstić information content (AvgIpc) is 2.59. The fourth-order valence-corrected chi connectivity index (χ4v) is 1.45. The Bertz CT molecular complexity index is 295. The van der Waals surface area contributed by atoms with Gasteiger partial charge in [0.1, 0.15) is 0 Å². The van der Waals surface area contributed by atoms with E-state index in [1.165, 1.54) is 0 Å². The number of rotatable bonds is 19. The second-order valence-corrected chi connectivity index (χ2v) is 4.92. The van der Waals surface area contributed by atoms with E-state index in [1.54, 1.807) is 0 Å². The summed E-state index contributed by atoms with van der Waals surface area (Å²) in [4.78, 5) is 0. The molecule has 2 N–H and O–H groups in total. The molecule has 0 saturated carbocycles. The molecule has 0 fully saturated rings. The number of alkyl halides is 3. The molecule has 1 unspecified atom stereocenters. The standard InChI is InChI=1S/C15H29F3O8/c16-15(17,18)14(20)13-26-12-11-25-10-9-24-8-7-23-6-5-22-4-3-21-2-1-19/h14,19-20H,1-13H2. The van der Waals surface area contributed by atoms with Gasteiger partial charge in [-0.05, 0) is 0 Å². The van der Waals surface area contributed by atoms with E-state index in [9.17, 15) is 13.2 Å². The van der Waals surface area contributed by atoms with Crippen LogP contribution in [0.5, 0.6) is 0 Å². The molecule has 158 valence electrons. The Kier molecular flexibility index (Phi) is 17.5. The Balaban J connectivity index is 3.09. The third kappa shape index (κ3) is 18.3. The van der Waals surface area contributed by atoms with Gasteiger partial charge in [-0.25, -0.2) is 0 Å². The van der Waals surface area contributed by atoms with Gasteiger partial charge in [0.2, 0.25) is 0 Å². The first kappa shape index (κ1) is 25.5. The molecule has 0 aromatic heterocycles. The monoisotopic (exact) mass is 394 g/mol. The van der Waals surface area contributed by atoms with Gasteiger partial charge in [0.15, 0.2) is 6.10 Å². The third-order valence-electron chi connectivity index (χ3n) is 2.75. The zero-order valence-corrected chi connectivity index (χ0v) is 14.7. The molecule has 0 amide bonds. The molecule has 8 nitrogen and oxygen atoms in total. The third-order valence-corrected chi connectivity index (χ3v) is 2.75.